The van der Waals surface area contributed by atoms with E-state index >= 15 is 0 Å². The van der Waals surface area contributed by atoms with E-state index in [0.717, 1.165) is 37.7 Å². The Labute approximate surface area is 112 Å². The average molecular weight is 255 g/mol. The smallest absolute Gasteiger partial charge is 0.225 e. The largest absolute Gasteiger partial charge is 0.341 e. The minimum Gasteiger partial charge on any atom is -0.341 e. The van der Waals surface area contributed by atoms with Crippen LogP contribution in [0.3, 0.4) is 0 Å². The molecule has 1 fully saturated rings. The summed E-state index contributed by atoms with van der Waals surface area (Å²) in [5, 5.41) is 0. The van der Waals surface area contributed by atoms with Gasteiger partial charge in [0.2, 0.25) is 5.95 Å². The maximum absolute atomic E-state index is 4.53. The molecule has 0 unspecified atom stereocenters. The summed E-state index contributed by atoms with van der Waals surface area (Å²) in [4.78, 5) is 19.5. The van der Waals surface area contributed by atoms with Gasteiger partial charge < -0.3 is 4.90 Å². The second kappa shape index (κ2) is 5.30. The Morgan fingerprint density at radius 1 is 1.05 bits per heavy atom. The molecule has 0 radical (unpaired) electrons. The molecule has 0 saturated carbocycles. The fourth-order valence-electron chi connectivity index (χ4n) is 2.53. The van der Waals surface area contributed by atoms with Gasteiger partial charge in [-0.25, -0.2) is 19.9 Å². The summed E-state index contributed by atoms with van der Waals surface area (Å²) in [6, 6.07) is 3.88. The van der Waals surface area contributed by atoms with Crippen LogP contribution in [0.2, 0.25) is 0 Å². The van der Waals surface area contributed by atoms with Gasteiger partial charge in [-0.2, -0.15) is 0 Å². The fraction of sp³-hybridized carbons (Fsp3) is 0.429. The summed E-state index contributed by atoms with van der Waals surface area (Å²) in [7, 11) is 0. The van der Waals surface area contributed by atoms with E-state index in [1.807, 2.05) is 25.3 Å². The highest BCUT2D eigenvalue weighted by atomic mass is 15.2. The summed E-state index contributed by atoms with van der Waals surface area (Å²) in [5.74, 6) is 2.22. The van der Waals surface area contributed by atoms with Crippen LogP contribution < -0.4 is 4.90 Å². The topological polar surface area (TPSA) is 54.8 Å². The monoisotopic (exact) mass is 255 g/mol. The van der Waals surface area contributed by atoms with Crippen LogP contribution in [-0.2, 0) is 0 Å². The summed E-state index contributed by atoms with van der Waals surface area (Å²) < 4.78 is 0. The lowest BCUT2D eigenvalue weighted by Crippen LogP contribution is -2.34. The Kier molecular flexibility index (Phi) is 3.35. The predicted octanol–water partition coefficient (Wildman–Crippen LogP) is 1.96. The van der Waals surface area contributed by atoms with E-state index in [2.05, 4.69) is 24.8 Å². The van der Waals surface area contributed by atoms with E-state index in [0.29, 0.717) is 5.92 Å². The zero-order chi connectivity index (χ0) is 13.1. The van der Waals surface area contributed by atoms with Crippen LogP contribution in [0.25, 0.3) is 0 Å². The van der Waals surface area contributed by atoms with Gasteiger partial charge in [-0.1, -0.05) is 0 Å². The van der Waals surface area contributed by atoms with Crippen LogP contribution in [-0.4, -0.2) is 33.0 Å². The molecular weight excluding hydrogens is 238 g/mol. The first-order valence-corrected chi connectivity index (χ1v) is 6.64. The van der Waals surface area contributed by atoms with Crippen molar-refractivity contribution in [2.75, 3.05) is 18.0 Å². The number of rotatable bonds is 2. The third kappa shape index (κ3) is 2.70. The minimum absolute atomic E-state index is 0.529. The van der Waals surface area contributed by atoms with Gasteiger partial charge >= 0.3 is 0 Å². The molecule has 2 aromatic heterocycles. The molecule has 0 bridgehead atoms. The quantitative estimate of drug-likeness (QED) is 0.821. The Bertz CT molecular complexity index is 535. The first-order valence-electron chi connectivity index (χ1n) is 6.64. The molecular formula is C14H17N5. The molecule has 98 valence electrons. The molecule has 0 amide bonds. The van der Waals surface area contributed by atoms with Gasteiger partial charge in [0.1, 0.15) is 5.82 Å². The van der Waals surface area contributed by atoms with Gasteiger partial charge in [-0.3, -0.25) is 0 Å². The number of piperidine rings is 1. The summed E-state index contributed by atoms with van der Waals surface area (Å²) in [6.45, 7) is 3.91. The number of nitrogens with zero attached hydrogens (tertiary/aromatic N) is 5. The maximum Gasteiger partial charge on any atom is 0.225 e. The van der Waals surface area contributed by atoms with E-state index in [1.54, 1.807) is 12.4 Å². The highest BCUT2D eigenvalue weighted by Gasteiger charge is 2.22. The summed E-state index contributed by atoms with van der Waals surface area (Å²) in [6.07, 6.45) is 7.62. The van der Waals surface area contributed by atoms with Crippen LogP contribution in [0.4, 0.5) is 5.95 Å². The molecule has 0 aliphatic carbocycles. The lowest BCUT2D eigenvalue weighted by atomic mass is 9.93. The zero-order valence-corrected chi connectivity index (χ0v) is 11.0. The van der Waals surface area contributed by atoms with Crippen molar-refractivity contribution >= 4 is 5.95 Å². The van der Waals surface area contributed by atoms with Gasteiger partial charge in [0, 0.05) is 43.3 Å². The normalized spacial score (nSPS) is 16.6. The number of aromatic nitrogens is 4. The van der Waals surface area contributed by atoms with E-state index in [-0.39, 0.29) is 0 Å². The molecule has 0 aromatic carbocycles. The third-order valence-electron chi connectivity index (χ3n) is 3.55. The first-order chi connectivity index (χ1) is 9.33. The fourth-order valence-corrected chi connectivity index (χ4v) is 2.53. The molecule has 0 spiro atoms. The van der Waals surface area contributed by atoms with Crippen molar-refractivity contribution in [3.63, 3.8) is 0 Å². The van der Waals surface area contributed by atoms with E-state index in [9.17, 15) is 0 Å². The Balaban J connectivity index is 1.67. The average Bonchev–Trinajstić information content (AvgIpc) is 2.48. The van der Waals surface area contributed by atoms with E-state index < -0.39 is 0 Å². The SMILES string of the molecule is Cc1nccc(C2CCN(c3ncccn3)CC2)n1. The lowest BCUT2D eigenvalue weighted by Gasteiger charge is -2.31. The molecule has 5 nitrogen and oxygen atoms in total. The van der Waals surface area contributed by atoms with Gasteiger partial charge in [-0.15, -0.1) is 0 Å². The highest BCUT2D eigenvalue weighted by molar-refractivity contribution is 5.30. The van der Waals surface area contributed by atoms with Crippen LogP contribution in [0.1, 0.15) is 30.3 Å². The molecule has 1 aliphatic rings. The molecule has 1 aliphatic heterocycles. The lowest BCUT2D eigenvalue weighted by molar-refractivity contribution is 0.489. The number of hydrogen-bond acceptors (Lipinski definition) is 5. The van der Waals surface area contributed by atoms with Crippen molar-refractivity contribution in [2.45, 2.75) is 25.7 Å². The van der Waals surface area contributed by atoms with Crippen molar-refractivity contribution in [2.24, 2.45) is 0 Å². The predicted molar refractivity (Wildman–Crippen MR) is 73.0 cm³/mol. The molecule has 5 heteroatoms. The molecule has 3 heterocycles. The van der Waals surface area contributed by atoms with Gasteiger partial charge in [0.05, 0.1) is 0 Å². The molecule has 0 N–H and O–H groups in total. The van der Waals surface area contributed by atoms with Crippen molar-refractivity contribution in [1.29, 1.82) is 0 Å². The number of aryl methyl sites for hydroxylation is 1. The van der Waals surface area contributed by atoms with Crippen LogP contribution in [0, 0.1) is 6.92 Å². The van der Waals surface area contributed by atoms with E-state index in [4.69, 9.17) is 0 Å². The van der Waals surface area contributed by atoms with Gasteiger partial charge in [0.25, 0.3) is 0 Å². The highest BCUT2D eigenvalue weighted by Crippen LogP contribution is 2.27. The van der Waals surface area contributed by atoms with Gasteiger partial charge in [0.15, 0.2) is 0 Å². The van der Waals surface area contributed by atoms with Crippen LogP contribution >= 0.6 is 0 Å². The number of hydrogen-bond donors (Lipinski definition) is 0. The van der Waals surface area contributed by atoms with Gasteiger partial charge in [-0.05, 0) is 31.9 Å². The van der Waals surface area contributed by atoms with Crippen molar-refractivity contribution < 1.29 is 0 Å². The minimum atomic E-state index is 0.529. The number of anilines is 1. The zero-order valence-electron chi connectivity index (χ0n) is 11.0. The Morgan fingerprint density at radius 3 is 2.47 bits per heavy atom. The molecule has 1 saturated heterocycles. The molecule has 0 atom stereocenters. The summed E-state index contributed by atoms with van der Waals surface area (Å²) >= 11 is 0. The van der Waals surface area contributed by atoms with Crippen molar-refractivity contribution in [1.82, 2.24) is 19.9 Å². The Hall–Kier alpha value is -2.04. The van der Waals surface area contributed by atoms with E-state index in [1.165, 1.54) is 5.69 Å². The summed E-state index contributed by atoms with van der Waals surface area (Å²) in [5.41, 5.74) is 1.17. The van der Waals surface area contributed by atoms with Crippen LogP contribution in [0.15, 0.2) is 30.7 Å². The molecule has 3 rings (SSSR count). The second-order valence-corrected chi connectivity index (χ2v) is 4.84. The molecule has 2 aromatic rings. The standard InChI is InChI=1S/C14H17N5/c1-11-15-8-3-13(18-11)12-4-9-19(10-5-12)14-16-6-2-7-17-14/h2-3,6-8,12H,4-5,9-10H2,1H3. The molecule has 19 heavy (non-hydrogen) atoms. The second-order valence-electron chi connectivity index (χ2n) is 4.84. The van der Waals surface area contributed by atoms with Crippen LogP contribution in [0.5, 0.6) is 0 Å². The van der Waals surface area contributed by atoms with Crippen molar-refractivity contribution in [3.8, 4) is 0 Å². The first kappa shape index (κ1) is 12.0. The maximum atomic E-state index is 4.53. The van der Waals surface area contributed by atoms with Crippen molar-refractivity contribution in [3.05, 3.63) is 42.2 Å². The Morgan fingerprint density at radius 2 is 1.79 bits per heavy atom. The third-order valence-corrected chi connectivity index (χ3v) is 3.55.